The number of ether oxygens (including phenoxy) is 1. The van der Waals surface area contributed by atoms with E-state index in [4.69, 9.17) is 4.74 Å². The summed E-state index contributed by atoms with van der Waals surface area (Å²) in [7, 11) is 1.57. The Labute approximate surface area is 180 Å². The molecule has 1 amide bonds. The topological polar surface area (TPSA) is 63.5 Å². The van der Waals surface area contributed by atoms with E-state index < -0.39 is 29.3 Å². The second-order valence-corrected chi connectivity index (χ2v) is 7.15. The van der Waals surface area contributed by atoms with Gasteiger partial charge in [0.25, 0.3) is 5.91 Å². The Morgan fingerprint density at radius 3 is 2.09 bits per heavy atom. The number of methoxy groups -OCH3 is 1. The van der Waals surface area contributed by atoms with Crippen molar-refractivity contribution in [1.82, 2.24) is 19.9 Å². The van der Waals surface area contributed by atoms with Crippen molar-refractivity contribution in [3.05, 3.63) is 65.7 Å². The van der Waals surface area contributed by atoms with Gasteiger partial charge in [0.1, 0.15) is 11.6 Å². The zero-order chi connectivity index (χ0) is 22.9. The number of amides is 1. The fraction of sp³-hybridized carbons (Fsp3) is 0.286. The smallest absolute Gasteiger partial charge is 0.435 e. The largest absolute Gasteiger partial charge is 0.497 e. The molecule has 1 aliphatic heterocycles. The highest BCUT2D eigenvalue weighted by molar-refractivity contribution is 5.93. The molecule has 2 heterocycles. The highest BCUT2D eigenvalue weighted by Crippen LogP contribution is 2.33. The van der Waals surface area contributed by atoms with Crippen molar-refractivity contribution in [3.8, 4) is 11.4 Å². The number of piperazine rings is 1. The number of anilines is 1. The Balaban J connectivity index is 1.54. The molecule has 1 fully saturated rings. The quantitative estimate of drug-likeness (QED) is 0.572. The van der Waals surface area contributed by atoms with Gasteiger partial charge in [-0.1, -0.05) is 5.21 Å². The Kier molecular flexibility index (Phi) is 5.72. The molecule has 0 aliphatic carbocycles. The Morgan fingerprint density at radius 1 is 0.938 bits per heavy atom. The lowest BCUT2D eigenvalue weighted by Crippen LogP contribution is -2.49. The molecule has 0 unspecified atom stereocenters. The van der Waals surface area contributed by atoms with Crippen LogP contribution >= 0.6 is 0 Å². The average molecular weight is 449 g/mol. The van der Waals surface area contributed by atoms with Crippen LogP contribution in [-0.4, -0.2) is 59.1 Å². The number of hydrogen-bond acceptors (Lipinski definition) is 5. The second kappa shape index (κ2) is 8.48. The molecular formula is C21H19F4N5O2. The fourth-order valence-electron chi connectivity index (χ4n) is 3.55. The van der Waals surface area contributed by atoms with Crippen LogP contribution in [0.25, 0.3) is 5.69 Å². The Morgan fingerprint density at radius 2 is 1.53 bits per heavy atom. The molecule has 0 spiro atoms. The summed E-state index contributed by atoms with van der Waals surface area (Å²) in [6.07, 6.45) is -4.88. The zero-order valence-electron chi connectivity index (χ0n) is 17.0. The molecule has 7 nitrogen and oxygen atoms in total. The molecule has 0 radical (unpaired) electrons. The van der Waals surface area contributed by atoms with Crippen molar-refractivity contribution < 1.29 is 27.1 Å². The van der Waals surface area contributed by atoms with Crippen LogP contribution in [0.1, 0.15) is 16.2 Å². The van der Waals surface area contributed by atoms with Gasteiger partial charge < -0.3 is 14.5 Å². The van der Waals surface area contributed by atoms with Gasteiger partial charge in [-0.2, -0.15) is 13.2 Å². The summed E-state index contributed by atoms with van der Waals surface area (Å²) in [5.74, 6) is -0.736. The fourth-order valence-corrected chi connectivity index (χ4v) is 3.55. The van der Waals surface area contributed by atoms with E-state index in [9.17, 15) is 22.4 Å². The SMILES string of the molecule is COc1ccc(N2CCN(C(=O)c3nnn(-c4ccc(F)cc4)c3C(F)(F)F)CC2)cc1. The molecule has 0 atom stereocenters. The molecule has 3 aromatic rings. The Hall–Kier alpha value is -3.63. The van der Waals surface area contributed by atoms with Crippen LogP contribution in [0.15, 0.2) is 48.5 Å². The number of benzene rings is 2. The molecular weight excluding hydrogens is 430 g/mol. The summed E-state index contributed by atoms with van der Waals surface area (Å²) in [5.41, 5.74) is -1.18. The first-order valence-electron chi connectivity index (χ1n) is 9.75. The van der Waals surface area contributed by atoms with Crippen molar-refractivity contribution >= 4 is 11.6 Å². The summed E-state index contributed by atoms with van der Waals surface area (Å²) in [5, 5.41) is 7.07. The van der Waals surface area contributed by atoms with Crippen LogP contribution in [-0.2, 0) is 6.18 Å². The lowest BCUT2D eigenvalue weighted by Gasteiger charge is -2.36. The molecule has 32 heavy (non-hydrogen) atoms. The lowest BCUT2D eigenvalue weighted by atomic mass is 10.2. The van der Waals surface area contributed by atoms with Crippen LogP contribution in [0.2, 0.25) is 0 Å². The highest BCUT2D eigenvalue weighted by Gasteiger charge is 2.43. The van der Waals surface area contributed by atoms with Crippen LogP contribution in [0.5, 0.6) is 5.75 Å². The number of carbonyl (C=O) groups excluding carboxylic acids is 1. The summed E-state index contributed by atoms with van der Waals surface area (Å²) in [4.78, 5) is 16.3. The standard InChI is InChI=1S/C21H19F4N5O2/c1-32-17-8-6-15(7-9-17)28-10-12-29(13-11-28)20(31)18-19(21(23,24)25)30(27-26-18)16-4-2-14(22)3-5-16/h2-9H,10-13H2,1H3. The van der Waals surface area contributed by atoms with Gasteiger partial charge in [0.05, 0.1) is 12.8 Å². The van der Waals surface area contributed by atoms with Crippen molar-refractivity contribution in [3.63, 3.8) is 0 Å². The number of alkyl halides is 3. The van der Waals surface area contributed by atoms with Crippen LogP contribution < -0.4 is 9.64 Å². The van der Waals surface area contributed by atoms with Gasteiger partial charge in [-0.05, 0) is 48.5 Å². The number of hydrogen-bond donors (Lipinski definition) is 0. The highest BCUT2D eigenvalue weighted by atomic mass is 19.4. The molecule has 1 saturated heterocycles. The molecule has 2 aromatic carbocycles. The number of halogens is 4. The summed E-state index contributed by atoms with van der Waals surface area (Å²) < 4.78 is 60.3. The van der Waals surface area contributed by atoms with Gasteiger partial charge >= 0.3 is 6.18 Å². The first-order chi connectivity index (χ1) is 15.3. The molecule has 168 valence electrons. The number of carbonyl (C=O) groups is 1. The first-order valence-corrected chi connectivity index (χ1v) is 9.75. The summed E-state index contributed by atoms with van der Waals surface area (Å²) >= 11 is 0. The number of nitrogens with zero attached hydrogens (tertiary/aromatic N) is 5. The van der Waals surface area contributed by atoms with E-state index in [1.165, 1.54) is 4.90 Å². The second-order valence-electron chi connectivity index (χ2n) is 7.15. The van der Waals surface area contributed by atoms with E-state index in [0.29, 0.717) is 23.5 Å². The maximum absolute atomic E-state index is 13.8. The van der Waals surface area contributed by atoms with Crippen LogP contribution in [0.3, 0.4) is 0 Å². The average Bonchev–Trinajstić information content (AvgIpc) is 3.25. The van der Waals surface area contributed by atoms with Crippen molar-refractivity contribution in [2.75, 3.05) is 38.2 Å². The van der Waals surface area contributed by atoms with E-state index >= 15 is 0 Å². The summed E-state index contributed by atoms with van der Waals surface area (Å²) in [6, 6.07) is 11.7. The zero-order valence-corrected chi connectivity index (χ0v) is 17.0. The normalized spacial score (nSPS) is 14.5. The van der Waals surface area contributed by atoms with Crippen LogP contribution in [0.4, 0.5) is 23.2 Å². The molecule has 0 bridgehead atoms. The van der Waals surface area contributed by atoms with Gasteiger partial charge in [-0.25, -0.2) is 9.07 Å². The van der Waals surface area contributed by atoms with Gasteiger partial charge in [0.15, 0.2) is 11.4 Å². The number of aromatic nitrogens is 3. The minimum absolute atomic E-state index is 0.0467. The van der Waals surface area contributed by atoms with E-state index in [1.807, 2.05) is 29.2 Å². The molecule has 0 saturated carbocycles. The van der Waals surface area contributed by atoms with Gasteiger partial charge in [-0.15, -0.1) is 5.10 Å². The van der Waals surface area contributed by atoms with Gasteiger partial charge in [0, 0.05) is 31.9 Å². The minimum Gasteiger partial charge on any atom is -0.497 e. The van der Waals surface area contributed by atoms with E-state index in [0.717, 1.165) is 30.0 Å². The van der Waals surface area contributed by atoms with Gasteiger partial charge in [-0.3, -0.25) is 4.79 Å². The first kappa shape index (κ1) is 21.6. The maximum Gasteiger partial charge on any atom is 0.435 e. The van der Waals surface area contributed by atoms with Gasteiger partial charge in [0.2, 0.25) is 0 Å². The van der Waals surface area contributed by atoms with E-state index in [2.05, 4.69) is 10.3 Å². The molecule has 11 heteroatoms. The third kappa shape index (κ3) is 4.23. The summed E-state index contributed by atoms with van der Waals surface area (Å²) in [6.45, 7) is 1.36. The molecule has 4 rings (SSSR count). The third-order valence-electron chi connectivity index (χ3n) is 5.22. The van der Waals surface area contributed by atoms with Crippen molar-refractivity contribution in [1.29, 1.82) is 0 Å². The van der Waals surface area contributed by atoms with Crippen molar-refractivity contribution in [2.45, 2.75) is 6.18 Å². The maximum atomic E-state index is 13.8. The monoisotopic (exact) mass is 449 g/mol. The van der Waals surface area contributed by atoms with E-state index in [-0.39, 0.29) is 18.8 Å². The molecule has 1 aliphatic rings. The molecule has 1 aromatic heterocycles. The van der Waals surface area contributed by atoms with Crippen LogP contribution in [0, 0.1) is 5.82 Å². The lowest BCUT2D eigenvalue weighted by molar-refractivity contribution is -0.143. The third-order valence-corrected chi connectivity index (χ3v) is 5.22. The predicted molar refractivity (Wildman–Crippen MR) is 107 cm³/mol. The minimum atomic E-state index is -4.88. The van der Waals surface area contributed by atoms with E-state index in [1.54, 1.807) is 7.11 Å². The molecule has 0 N–H and O–H groups in total. The Bertz CT molecular complexity index is 1090. The number of rotatable bonds is 4. The predicted octanol–water partition coefficient (Wildman–Crippen LogP) is 3.40. The van der Waals surface area contributed by atoms with Crippen molar-refractivity contribution in [2.24, 2.45) is 0 Å².